The van der Waals surface area contributed by atoms with Crippen molar-refractivity contribution in [3.63, 3.8) is 0 Å². The lowest BCUT2D eigenvalue weighted by molar-refractivity contribution is -0.140. The molecule has 19 nitrogen and oxygen atoms in total. The van der Waals surface area contributed by atoms with Gasteiger partial charge in [0.2, 0.25) is 11.8 Å². The number of ketones is 2. The van der Waals surface area contributed by atoms with Crippen molar-refractivity contribution in [3.05, 3.63) is 51.8 Å². The Labute approximate surface area is 356 Å². The fourth-order valence-electron chi connectivity index (χ4n) is 6.50. The van der Waals surface area contributed by atoms with Gasteiger partial charge in [-0.1, -0.05) is 12.6 Å². The molecule has 5 N–H and O–H groups in total. The van der Waals surface area contributed by atoms with E-state index in [-0.39, 0.29) is 166 Å². The van der Waals surface area contributed by atoms with Gasteiger partial charge in [-0.25, -0.2) is 0 Å². The van der Waals surface area contributed by atoms with Crippen LogP contribution in [0.5, 0.6) is 5.75 Å². The van der Waals surface area contributed by atoms with Gasteiger partial charge in [-0.15, -0.1) is 0 Å². The van der Waals surface area contributed by atoms with Crippen LogP contribution in [0.4, 0.5) is 0 Å². The van der Waals surface area contributed by atoms with Crippen molar-refractivity contribution >= 4 is 69.8 Å². The minimum Gasteiger partial charge on any atom is -0.507 e. The molecule has 0 saturated carbocycles. The van der Waals surface area contributed by atoms with Crippen LogP contribution in [0.15, 0.2) is 42.6 Å². The molecule has 1 aromatic rings. The van der Waals surface area contributed by atoms with E-state index in [4.69, 9.17) is 0 Å². The molecule has 3 amide bonds. The van der Waals surface area contributed by atoms with Crippen LogP contribution in [0.3, 0.4) is 0 Å². The lowest BCUT2D eigenvalue weighted by atomic mass is 10.1. The molecule has 0 spiro atoms. The highest BCUT2D eigenvalue weighted by Crippen LogP contribution is 2.21. The summed E-state index contributed by atoms with van der Waals surface area (Å²) in [6.07, 6.45) is 2.86. The predicted molar refractivity (Wildman–Crippen MR) is 221 cm³/mol. The van der Waals surface area contributed by atoms with Crippen LogP contribution in [0.25, 0.3) is 0 Å². The summed E-state index contributed by atoms with van der Waals surface area (Å²) in [5.74, 6) is -4.69. The Kier molecular flexibility index (Phi) is 20.6. The number of carboxylic acids is 3. The molecular weight excluding hydrogens is 883 g/mol. The van der Waals surface area contributed by atoms with Crippen LogP contribution in [0, 0.1) is 3.57 Å². The van der Waals surface area contributed by atoms with Gasteiger partial charge in [0.15, 0.2) is 5.78 Å². The molecule has 1 aromatic carbocycles. The molecule has 0 atom stereocenters. The molecule has 2 aliphatic rings. The quantitative estimate of drug-likeness (QED) is 0.0926. The molecular formula is C39H54IN7O12. The second-order valence-electron chi connectivity index (χ2n) is 14.4. The van der Waals surface area contributed by atoms with Crippen LogP contribution < -0.4 is 5.32 Å². The highest BCUT2D eigenvalue weighted by Gasteiger charge is 2.23. The van der Waals surface area contributed by atoms with Crippen molar-refractivity contribution in [1.82, 2.24) is 34.7 Å². The number of aliphatic carboxylic acids is 3. The van der Waals surface area contributed by atoms with E-state index in [1.165, 1.54) is 21.9 Å². The fourth-order valence-corrected chi connectivity index (χ4v) is 7.08. The average molecular weight is 938 g/mol. The van der Waals surface area contributed by atoms with Gasteiger partial charge >= 0.3 is 17.9 Å². The number of carbonyl (C=O) groups is 8. The first kappa shape index (κ1) is 48.6. The highest BCUT2D eigenvalue weighted by atomic mass is 125. The Balaban J connectivity index is 1.62. The molecule has 3 rings (SSSR count). The van der Waals surface area contributed by atoms with Gasteiger partial charge in [0.25, 0.3) is 5.91 Å². The van der Waals surface area contributed by atoms with E-state index in [2.05, 4.69) is 11.9 Å². The van der Waals surface area contributed by atoms with E-state index in [1.807, 2.05) is 27.5 Å². The van der Waals surface area contributed by atoms with Crippen LogP contribution in [-0.4, -0.2) is 202 Å². The molecule has 1 fully saturated rings. The Morgan fingerprint density at radius 1 is 0.729 bits per heavy atom. The summed E-state index contributed by atoms with van der Waals surface area (Å²) >= 11 is 1.94. The van der Waals surface area contributed by atoms with Gasteiger partial charge in [-0.3, -0.25) is 58.0 Å². The number of phenolic OH excluding ortho intramolecular Hbond substituents is 1. The minimum absolute atomic E-state index is 0.0303. The number of allylic oxidation sites excluding steroid dienone is 1. The van der Waals surface area contributed by atoms with Crippen molar-refractivity contribution in [2.45, 2.75) is 32.1 Å². The Morgan fingerprint density at radius 2 is 1.25 bits per heavy atom. The van der Waals surface area contributed by atoms with Crippen LogP contribution >= 0.6 is 22.6 Å². The molecule has 0 aliphatic carbocycles. The van der Waals surface area contributed by atoms with E-state index in [0.717, 1.165) is 0 Å². The number of amides is 3. The first-order valence-electron chi connectivity index (χ1n) is 19.3. The summed E-state index contributed by atoms with van der Waals surface area (Å²) in [5.41, 5.74) is 1.13. The molecule has 0 bridgehead atoms. The number of hydrogen-bond acceptors (Lipinski definition) is 13. The Hall–Kier alpha value is -4.77. The summed E-state index contributed by atoms with van der Waals surface area (Å²) in [4.78, 5) is 109. The van der Waals surface area contributed by atoms with Crippen molar-refractivity contribution in [1.29, 1.82) is 0 Å². The van der Waals surface area contributed by atoms with E-state index in [9.17, 15) is 58.8 Å². The van der Waals surface area contributed by atoms with Crippen molar-refractivity contribution in [3.8, 4) is 5.75 Å². The van der Waals surface area contributed by atoms with Gasteiger partial charge < -0.3 is 35.5 Å². The number of halogens is 1. The monoisotopic (exact) mass is 937 g/mol. The summed E-state index contributed by atoms with van der Waals surface area (Å²) in [7, 11) is 0. The smallest absolute Gasteiger partial charge is 0.317 e. The van der Waals surface area contributed by atoms with E-state index >= 15 is 0 Å². The van der Waals surface area contributed by atoms with E-state index < -0.39 is 23.8 Å². The van der Waals surface area contributed by atoms with Crippen LogP contribution in [-0.2, 0) is 44.8 Å². The van der Waals surface area contributed by atoms with Crippen molar-refractivity contribution in [2.24, 2.45) is 0 Å². The number of benzene rings is 1. The number of Topliss-reactive ketones (excluding diaryl/α,β-unsaturated/α-hetero) is 2. The zero-order chi connectivity index (χ0) is 43.5. The standard InChI is InChI=1S/C39H54IN7O12/c1-28-4-9-35(52)47(28)12-10-41-34(51)8-6-31(49)24-46(36(53)22-29-5-7-33(50)32(40)21-29)11-2-3-30(48)23-42-13-15-43(25-37(54)55)17-19-45(27-39(58)59)20-18-44(16-14-42)26-38(56)57/h4-5,7,9,21,50H,1-3,6,8,10-20,22-27H2,(H,41,51)(H,54,55)(H,56,57)(H,58,59)/i40-2. The maximum absolute atomic E-state index is 13.5. The zero-order valence-corrected chi connectivity index (χ0v) is 35.2. The Bertz CT molecular complexity index is 1690. The summed E-state index contributed by atoms with van der Waals surface area (Å²) in [5, 5.41) is 41.0. The number of aromatic hydroxyl groups is 1. The van der Waals surface area contributed by atoms with E-state index in [0.29, 0.717) is 14.8 Å². The molecule has 2 heterocycles. The number of hydrogen-bond donors (Lipinski definition) is 5. The zero-order valence-electron chi connectivity index (χ0n) is 33.1. The van der Waals surface area contributed by atoms with Gasteiger partial charge in [0.1, 0.15) is 11.5 Å². The Morgan fingerprint density at radius 3 is 1.73 bits per heavy atom. The third-order valence-electron chi connectivity index (χ3n) is 9.70. The normalized spacial score (nSPS) is 16.3. The van der Waals surface area contributed by atoms with Gasteiger partial charge in [-0.05, 0) is 52.8 Å². The second kappa shape index (κ2) is 25.0. The number of rotatable bonds is 22. The van der Waals surface area contributed by atoms with Crippen LogP contribution in [0.1, 0.15) is 31.2 Å². The molecule has 0 radical (unpaired) electrons. The molecule has 0 unspecified atom stereocenters. The topological polar surface area (TPSA) is 249 Å². The maximum atomic E-state index is 13.5. The first-order valence-corrected chi connectivity index (χ1v) is 20.4. The molecule has 324 valence electrons. The molecule has 20 heteroatoms. The van der Waals surface area contributed by atoms with Gasteiger partial charge in [0, 0.05) is 103 Å². The van der Waals surface area contributed by atoms with Gasteiger partial charge in [-0.2, -0.15) is 0 Å². The second-order valence-corrected chi connectivity index (χ2v) is 15.6. The van der Waals surface area contributed by atoms with Gasteiger partial charge in [0.05, 0.1) is 42.7 Å². The lowest BCUT2D eigenvalue weighted by Gasteiger charge is -2.32. The van der Waals surface area contributed by atoms with Crippen molar-refractivity contribution < 1.29 is 58.8 Å². The van der Waals surface area contributed by atoms with Crippen molar-refractivity contribution in [2.75, 3.05) is 105 Å². The molecule has 0 aromatic heterocycles. The number of nitrogens with zero attached hydrogens (tertiary/aromatic N) is 6. The minimum atomic E-state index is -1.06. The van der Waals surface area contributed by atoms with E-state index in [1.54, 1.807) is 32.9 Å². The fraction of sp³-hybridized carbons (Fsp3) is 0.538. The summed E-state index contributed by atoms with van der Waals surface area (Å²) in [6, 6.07) is 4.72. The molecule has 2 aliphatic heterocycles. The predicted octanol–water partition coefficient (Wildman–Crippen LogP) is -0.430. The average Bonchev–Trinajstić information content (AvgIpc) is 3.47. The lowest BCUT2D eigenvalue weighted by Crippen LogP contribution is -2.49. The summed E-state index contributed by atoms with van der Waals surface area (Å²) < 4.78 is 0.542. The third-order valence-corrected chi connectivity index (χ3v) is 10.6. The third kappa shape index (κ3) is 18.8. The highest BCUT2D eigenvalue weighted by molar-refractivity contribution is 14.1. The molecule has 1 saturated heterocycles. The van der Waals surface area contributed by atoms with Crippen LogP contribution in [0.2, 0.25) is 0 Å². The molecule has 59 heavy (non-hydrogen) atoms. The number of carboxylic acid groups (broad SMARTS) is 3. The number of nitrogens with one attached hydrogen (secondary N) is 1. The number of phenols is 1. The first-order chi connectivity index (χ1) is 28.0. The number of carbonyl (C=O) groups excluding carboxylic acids is 5. The largest absolute Gasteiger partial charge is 0.507 e. The SMILES string of the molecule is C=C1C=CC(=O)N1CCNC(=O)CCC(=O)CN(CCCC(=O)CN1CCN(CC(=O)O)CCN(CC(=O)O)CCN(CC(=O)O)CC1)C(=O)Cc1ccc(O)c([125I])c1. The maximum Gasteiger partial charge on any atom is 0.317 e. The summed E-state index contributed by atoms with van der Waals surface area (Å²) in [6.45, 7) is 5.06.